The number of alkyl halides is 10. The van der Waals surface area contributed by atoms with Crippen LogP contribution < -0.4 is 0 Å². The summed E-state index contributed by atoms with van der Waals surface area (Å²) in [5, 5.41) is 0. The maximum atomic E-state index is 14.0. The molecule has 2 aromatic rings. The zero-order valence-electron chi connectivity index (χ0n) is 13.0. The fourth-order valence-electron chi connectivity index (χ4n) is 2.33. The maximum Gasteiger partial charge on any atom is 0.458 e. The second-order valence-corrected chi connectivity index (χ2v) is 7.36. The summed E-state index contributed by atoms with van der Waals surface area (Å²) in [5.41, 5.74) is -5.76. The first kappa shape index (κ1) is 23.0. The molecule has 0 aromatic heterocycles. The van der Waals surface area contributed by atoms with Gasteiger partial charge in [0.1, 0.15) is 0 Å². The number of benzene rings is 2. The molecule has 0 spiro atoms. The minimum absolute atomic E-state index is 0.253. The Morgan fingerprint density at radius 3 is 1.04 bits per heavy atom. The number of hydrogen-bond acceptors (Lipinski definition) is 0. The Labute approximate surface area is 167 Å². The van der Waals surface area contributed by atoms with E-state index in [0.717, 1.165) is 12.1 Å². The summed E-state index contributed by atoms with van der Waals surface area (Å²) in [4.78, 5) is 0. The fourth-order valence-corrected chi connectivity index (χ4v) is 3.05. The van der Waals surface area contributed by atoms with Gasteiger partial charge in [0.25, 0.3) is 0 Å². The summed E-state index contributed by atoms with van der Waals surface area (Å²) in [6.45, 7) is 0. The van der Waals surface area contributed by atoms with Gasteiger partial charge in [-0.25, -0.2) is 0 Å². The number of hydrogen-bond donors (Lipinski definition) is 0. The van der Waals surface area contributed by atoms with Crippen LogP contribution >= 0.6 is 31.9 Å². The molecule has 0 atom stereocenters. The zero-order valence-corrected chi connectivity index (χ0v) is 16.2. The van der Waals surface area contributed by atoms with Gasteiger partial charge in [-0.2, -0.15) is 43.9 Å². The van der Waals surface area contributed by atoms with Crippen molar-refractivity contribution >= 4 is 31.9 Å². The Balaban J connectivity index is 2.89. The molecule has 0 radical (unpaired) electrons. The molecule has 0 N–H and O–H groups in total. The van der Waals surface area contributed by atoms with Crippen molar-refractivity contribution in [3.05, 3.63) is 56.5 Å². The lowest BCUT2D eigenvalue weighted by atomic mass is 9.90. The van der Waals surface area contributed by atoms with Crippen molar-refractivity contribution in [2.45, 2.75) is 24.2 Å². The van der Waals surface area contributed by atoms with E-state index in [-0.39, 0.29) is 8.95 Å². The summed E-state index contributed by atoms with van der Waals surface area (Å²) >= 11 is 5.39. The highest BCUT2D eigenvalue weighted by atomic mass is 79.9. The van der Waals surface area contributed by atoms with Gasteiger partial charge in [-0.05, 0) is 35.4 Å². The van der Waals surface area contributed by atoms with Crippen LogP contribution in [-0.4, -0.2) is 12.4 Å². The molecular weight excluding hydrogens is 542 g/mol. The summed E-state index contributed by atoms with van der Waals surface area (Å²) in [5.74, 6) is -11.0. The molecule has 0 aliphatic carbocycles. The highest BCUT2D eigenvalue weighted by molar-refractivity contribution is 9.10. The third-order valence-corrected chi connectivity index (χ3v) is 4.63. The van der Waals surface area contributed by atoms with Crippen molar-refractivity contribution in [1.29, 1.82) is 0 Å². The van der Waals surface area contributed by atoms with Gasteiger partial charge in [-0.1, -0.05) is 44.0 Å². The first-order valence-corrected chi connectivity index (χ1v) is 8.58. The predicted octanol–water partition coefficient (Wildman–Crippen LogP) is 8.19. The van der Waals surface area contributed by atoms with E-state index in [1.807, 2.05) is 0 Å². The highest BCUT2D eigenvalue weighted by Gasteiger charge is 2.61. The summed E-state index contributed by atoms with van der Waals surface area (Å²) < 4.78 is 132. The Morgan fingerprint density at radius 1 is 0.500 bits per heavy atom. The van der Waals surface area contributed by atoms with Gasteiger partial charge in [0.05, 0.1) is 0 Å². The van der Waals surface area contributed by atoms with Gasteiger partial charge in [0.2, 0.25) is 0 Å². The molecule has 0 aliphatic heterocycles. The van der Waals surface area contributed by atoms with E-state index in [2.05, 4.69) is 31.9 Å². The molecule has 2 rings (SSSR count). The van der Waals surface area contributed by atoms with Crippen molar-refractivity contribution in [2.24, 2.45) is 0 Å². The Hall–Kier alpha value is -1.30. The first-order valence-electron chi connectivity index (χ1n) is 6.99. The van der Waals surface area contributed by atoms with Gasteiger partial charge in [-0.15, -0.1) is 0 Å². The predicted molar refractivity (Wildman–Crippen MR) is 87.2 cm³/mol. The SMILES string of the molecule is FC(F)(F)C(F)(F)c1cc(Br)ccc1-c1ccc(Br)cc1C(F)(F)C(F)(F)F. The standard InChI is InChI=1S/C16H6Br2F10/c17-7-1-3-9(11(5-7)13(19,20)15(23,24)25)10-4-2-8(18)6-12(10)14(21,22)16(26,27)28/h1-6H. The molecule has 0 unspecified atom stereocenters. The number of rotatable bonds is 3. The normalized spacial score (nSPS) is 13.7. The van der Waals surface area contributed by atoms with Crippen LogP contribution in [0.1, 0.15) is 11.1 Å². The minimum atomic E-state index is -6.11. The molecule has 0 fully saturated rings. The quantitative estimate of drug-likeness (QED) is 0.340. The van der Waals surface area contributed by atoms with E-state index in [9.17, 15) is 43.9 Å². The Morgan fingerprint density at radius 2 is 0.786 bits per heavy atom. The Bertz CT molecular complexity index is 810. The summed E-state index contributed by atoms with van der Waals surface area (Å²) in [7, 11) is 0. The lowest BCUT2D eigenvalue weighted by Gasteiger charge is -2.26. The maximum absolute atomic E-state index is 14.0. The van der Waals surface area contributed by atoms with Gasteiger partial charge in [0.15, 0.2) is 0 Å². The smallest absolute Gasteiger partial charge is 0.191 e. The molecular formula is C16H6Br2F10. The van der Waals surface area contributed by atoms with E-state index in [0.29, 0.717) is 24.3 Å². The van der Waals surface area contributed by atoms with Crippen LogP contribution in [0.4, 0.5) is 43.9 Å². The largest absolute Gasteiger partial charge is 0.458 e. The van der Waals surface area contributed by atoms with Crippen LogP contribution in [0.2, 0.25) is 0 Å². The zero-order chi connectivity index (χ0) is 21.7. The van der Waals surface area contributed by atoms with E-state index in [1.54, 1.807) is 0 Å². The van der Waals surface area contributed by atoms with Crippen molar-refractivity contribution in [3.63, 3.8) is 0 Å². The lowest BCUT2D eigenvalue weighted by molar-refractivity contribution is -0.289. The third-order valence-electron chi connectivity index (χ3n) is 3.64. The van der Waals surface area contributed by atoms with Gasteiger partial charge in [-0.3, -0.25) is 0 Å². The van der Waals surface area contributed by atoms with Crippen LogP contribution in [0.5, 0.6) is 0 Å². The first-order chi connectivity index (χ1) is 12.5. The molecule has 28 heavy (non-hydrogen) atoms. The van der Waals surface area contributed by atoms with Crippen molar-refractivity contribution < 1.29 is 43.9 Å². The van der Waals surface area contributed by atoms with Crippen molar-refractivity contribution in [1.82, 2.24) is 0 Å². The highest BCUT2D eigenvalue weighted by Crippen LogP contribution is 2.52. The summed E-state index contributed by atoms with van der Waals surface area (Å²) in [6.07, 6.45) is -12.2. The van der Waals surface area contributed by atoms with Crippen LogP contribution in [-0.2, 0) is 11.8 Å². The van der Waals surface area contributed by atoms with Crippen LogP contribution in [0.3, 0.4) is 0 Å². The molecule has 0 saturated heterocycles. The van der Waals surface area contributed by atoms with E-state index >= 15 is 0 Å². The fraction of sp³-hybridized carbons (Fsp3) is 0.250. The third kappa shape index (κ3) is 4.03. The van der Waals surface area contributed by atoms with Crippen molar-refractivity contribution in [2.75, 3.05) is 0 Å². The molecule has 0 heterocycles. The van der Waals surface area contributed by atoms with Crippen LogP contribution in [0.15, 0.2) is 45.3 Å². The van der Waals surface area contributed by atoms with E-state index < -0.39 is 46.5 Å². The lowest BCUT2D eigenvalue weighted by Crippen LogP contribution is -2.35. The number of halogens is 12. The molecule has 0 aliphatic rings. The molecule has 12 heteroatoms. The van der Waals surface area contributed by atoms with Gasteiger partial charge < -0.3 is 0 Å². The van der Waals surface area contributed by atoms with Gasteiger partial charge in [0, 0.05) is 20.1 Å². The van der Waals surface area contributed by atoms with Gasteiger partial charge >= 0.3 is 24.2 Å². The molecule has 2 aromatic carbocycles. The van der Waals surface area contributed by atoms with Crippen molar-refractivity contribution in [3.8, 4) is 11.1 Å². The second-order valence-electron chi connectivity index (χ2n) is 5.52. The average Bonchev–Trinajstić information content (AvgIpc) is 2.53. The van der Waals surface area contributed by atoms with E-state index in [1.165, 1.54) is 0 Å². The molecule has 154 valence electrons. The monoisotopic (exact) mass is 546 g/mol. The van der Waals surface area contributed by atoms with E-state index in [4.69, 9.17) is 0 Å². The molecule has 0 nitrogen and oxygen atoms in total. The average molecular weight is 548 g/mol. The minimum Gasteiger partial charge on any atom is -0.191 e. The second kappa shape index (κ2) is 7.19. The Kier molecular flexibility index (Phi) is 5.90. The van der Waals surface area contributed by atoms with Crippen LogP contribution in [0, 0.1) is 0 Å². The molecule has 0 amide bonds. The van der Waals surface area contributed by atoms with Crippen LogP contribution in [0.25, 0.3) is 11.1 Å². The molecule has 0 saturated carbocycles. The molecule has 0 bridgehead atoms. The topological polar surface area (TPSA) is 0 Å². The summed E-state index contributed by atoms with van der Waals surface area (Å²) in [6, 6.07) is 3.75.